The lowest BCUT2D eigenvalue weighted by molar-refractivity contribution is 0.223. The molecule has 2 amide bonds. The van der Waals surface area contributed by atoms with E-state index < -0.39 is 0 Å². The van der Waals surface area contributed by atoms with E-state index >= 15 is 0 Å². The van der Waals surface area contributed by atoms with Gasteiger partial charge in [-0.15, -0.1) is 0 Å². The van der Waals surface area contributed by atoms with Crippen molar-refractivity contribution in [3.05, 3.63) is 53.2 Å². The zero-order chi connectivity index (χ0) is 27.9. The van der Waals surface area contributed by atoms with E-state index in [0.717, 1.165) is 36.6 Å². The minimum absolute atomic E-state index is 0.251. The minimum Gasteiger partial charge on any atom is -0.497 e. The Balaban J connectivity index is 1.51. The van der Waals surface area contributed by atoms with E-state index in [9.17, 15) is 4.79 Å². The number of hydrogen-bond acceptors (Lipinski definition) is 8. The summed E-state index contributed by atoms with van der Waals surface area (Å²) in [5, 5.41) is 3.55. The molecule has 0 atom stereocenters. The third kappa shape index (κ3) is 6.29. The molecule has 10 nitrogen and oxygen atoms in total. The zero-order valence-electron chi connectivity index (χ0n) is 23.0. The fourth-order valence-corrected chi connectivity index (χ4v) is 4.66. The van der Waals surface area contributed by atoms with E-state index in [1.807, 2.05) is 31.2 Å². The van der Waals surface area contributed by atoms with Gasteiger partial charge in [-0.2, -0.15) is 4.98 Å². The summed E-state index contributed by atoms with van der Waals surface area (Å²) in [6, 6.07) is 10.8. The Kier molecular flexibility index (Phi) is 9.32. The normalized spacial score (nSPS) is 12.9. The fourth-order valence-electron chi connectivity index (χ4n) is 4.37. The number of likely N-dealkylation sites (N-methyl/N-ethyl adjacent to an activating group) is 1. The Bertz CT molecular complexity index is 1290. The van der Waals surface area contributed by atoms with E-state index in [-0.39, 0.29) is 12.6 Å². The number of ether oxygens (including phenoxy) is 3. The SMILES string of the molecule is CCN(CC)CCOc1ccc(Nc2ncc3c(n2)N(CC)C(=O)N(c2cc(OC)cc(OC)c2Cl)C3)cc1. The van der Waals surface area contributed by atoms with Crippen LogP contribution in [0.2, 0.25) is 5.02 Å². The molecule has 1 aromatic heterocycles. The number of carbonyl (C=O) groups excluding carboxylic acids is 1. The van der Waals surface area contributed by atoms with E-state index in [2.05, 4.69) is 34.0 Å². The number of benzene rings is 2. The predicted octanol–water partition coefficient (Wildman–Crippen LogP) is 5.58. The van der Waals surface area contributed by atoms with Gasteiger partial charge in [-0.25, -0.2) is 9.78 Å². The number of rotatable bonds is 12. The first kappa shape index (κ1) is 28.3. The van der Waals surface area contributed by atoms with Gasteiger partial charge in [-0.05, 0) is 44.3 Å². The van der Waals surface area contributed by atoms with Crippen LogP contribution in [0.3, 0.4) is 0 Å². The number of urea groups is 1. The molecule has 11 heteroatoms. The van der Waals surface area contributed by atoms with Crippen molar-refractivity contribution in [1.29, 1.82) is 0 Å². The highest BCUT2D eigenvalue weighted by Crippen LogP contribution is 2.41. The maximum atomic E-state index is 13.6. The average molecular weight is 555 g/mol. The van der Waals surface area contributed by atoms with Crippen LogP contribution in [-0.4, -0.2) is 67.9 Å². The van der Waals surface area contributed by atoms with Crippen molar-refractivity contribution < 1.29 is 19.0 Å². The average Bonchev–Trinajstić information content (AvgIpc) is 2.96. The summed E-state index contributed by atoms with van der Waals surface area (Å²) in [6.07, 6.45) is 1.72. The van der Waals surface area contributed by atoms with Crippen molar-refractivity contribution in [2.75, 3.05) is 62.1 Å². The van der Waals surface area contributed by atoms with Gasteiger partial charge < -0.3 is 24.4 Å². The van der Waals surface area contributed by atoms with Crippen molar-refractivity contribution in [1.82, 2.24) is 14.9 Å². The van der Waals surface area contributed by atoms with E-state index in [1.165, 1.54) is 7.11 Å². The van der Waals surface area contributed by atoms with E-state index in [0.29, 0.717) is 47.1 Å². The summed E-state index contributed by atoms with van der Waals surface area (Å²) >= 11 is 6.59. The van der Waals surface area contributed by atoms with Crippen molar-refractivity contribution in [2.24, 2.45) is 0 Å². The van der Waals surface area contributed by atoms with Gasteiger partial charge in [0.05, 0.1) is 26.5 Å². The van der Waals surface area contributed by atoms with Gasteiger partial charge >= 0.3 is 6.03 Å². The first-order chi connectivity index (χ1) is 18.9. The summed E-state index contributed by atoms with van der Waals surface area (Å²) in [4.78, 5) is 28.2. The molecule has 39 heavy (non-hydrogen) atoms. The molecule has 1 N–H and O–H groups in total. The van der Waals surface area contributed by atoms with Crippen LogP contribution in [-0.2, 0) is 6.54 Å². The van der Waals surface area contributed by atoms with Gasteiger partial charge in [0, 0.05) is 42.7 Å². The van der Waals surface area contributed by atoms with Crippen LogP contribution < -0.4 is 29.3 Å². The number of fused-ring (bicyclic) bond motifs is 1. The van der Waals surface area contributed by atoms with E-state index in [4.69, 9.17) is 25.8 Å². The number of aromatic nitrogens is 2. The number of amides is 2. The van der Waals surface area contributed by atoms with Gasteiger partial charge in [0.2, 0.25) is 5.95 Å². The molecular weight excluding hydrogens is 520 g/mol. The maximum absolute atomic E-state index is 13.6. The maximum Gasteiger partial charge on any atom is 0.330 e. The molecule has 0 saturated carbocycles. The van der Waals surface area contributed by atoms with Crippen molar-refractivity contribution in [3.63, 3.8) is 0 Å². The summed E-state index contributed by atoms with van der Waals surface area (Å²) in [5.74, 6) is 2.70. The Morgan fingerprint density at radius 2 is 1.79 bits per heavy atom. The molecule has 208 valence electrons. The molecule has 4 rings (SSSR count). The third-order valence-electron chi connectivity index (χ3n) is 6.62. The topological polar surface area (TPSA) is 92.3 Å². The number of nitrogens with one attached hydrogen (secondary N) is 1. The van der Waals surface area contributed by atoms with Gasteiger partial charge in [0.15, 0.2) is 0 Å². The minimum atomic E-state index is -0.252. The standard InChI is InChI=1S/C28H35ClN6O4/c1-6-33(7-2)13-14-39-21-11-9-20(10-12-21)31-27-30-17-19-18-35(28(36)34(8-3)26(19)32-27)23-15-22(37-4)16-24(38-5)25(23)29/h9-12,15-17H,6-8,13-14,18H2,1-5H3,(H,30,31,32). The first-order valence-corrected chi connectivity index (χ1v) is 13.4. The summed E-state index contributed by atoms with van der Waals surface area (Å²) in [5.41, 5.74) is 2.09. The van der Waals surface area contributed by atoms with Crippen LogP contribution in [0.1, 0.15) is 26.3 Å². The summed E-state index contributed by atoms with van der Waals surface area (Å²) < 4.78 is 16.6. The Morgan fingerprint density at radius 3 is 2.44 bits per heavy atom. The number of halogens is 1. The molecule has 0 bridgehead atoms. The van der Waals surface area contributed by atoms with Gasteiger partial charge in [-0.1, -0.05) is 25.4 Å². The second-order valence-corrected chi connectivity index (χ2v) is 9.22. The van der Waals surface area contributed by atoms with E-state index in [1.54, 1.807) is 35.2 Å². The fraction of sp³-hybridized carbons (Fsp3) is 0.393. The summed E-state index contributed by atoms with van der Waals surface area (Å²) in [6.45, 7) is 10.4. The summed E-state index contributed by atoms with van der Waals surface area (Å²) in [7, 11) is 3.07. The molecule has 3 aromatic rings. The first-order valence-electron chi connectivity index (χ1n) is 13.0. The van der Waals surface area contributed by atoms with Crippen LogP contribution in [0.5, 0.6) is 17.2 Å². The molecule has 0 unspecified atom stereocenters. The second-order valence-electron chi connectivity index (χ2n) is 8.84. The molecule has 2 heterocycles. The predicted molar refractivity (Wildman–Crippen MR) is 154 cm³/mol. The highest BCUT2D eigenvalue weighted by Gasteiger charge is 2.34. The number of methoxy groups -OCH3 is 2. The van der Waals surface area contributed by atoms with Crippen molar-refractivity contribution in [2.45, 2.75) is 27.3 Å². The largest absolute Gasteiger partial charge is 0.497 e. The number of carbonyl (C=O) groups is 1. The van der Waals surface area contributed by atoms with Crippen molar-refractivity contribution in [3.8, 4) is 17.2 Å². The molecule has 2 aromatic carbocycles. The molecule has 0 radical (unpaired) electrons. The highest BCUT2D eigenvalue weighted by molar-refractivity contribution is 6.35. The quantitative estimate of drug-likeness (QED) is 0.310. The third-order valence-corrected chi connectivity index (χ3v) is 7.00. The van der Waals surface area contributed by atoms with Crippen LogP contribution in [0.25, 0.3) is 0 Å². The number of hydrogen-bond donors (Lipinski definition) is 1. The number of anilines is 4. The Labute approximate surface area is 234 Å². The van der Waals surface area contributed by atoms with Gasteiger partial charge in [0.25, 0.3) is 0 Å². The smallest absolute Gasteiger partial charge is 0.330 e. The van der Waals surface area contributed by atoms with Gasteiger partial charge in [0.1, 0.15) is 34.7 Å². The molecular formula is C28H35ClN6O4. The highest BCUT2D eigenvalue weighted by atomic mass is 35.5. The number of nitrogens with zero attached hydrogens (tertiary/aromatic N) is 5. The monoisotopic (exact) mass is 554 g/mol. The van der Waals surface area contributed by atoms with Gasteiger partial charge in [-0.3, -0.25) is 9.80 Å². The lowest BCUT2D eigenvalue weighted by Gasteiger charge is -2.36. The lowest BCUT2D eigenvalue weighted by Crippen LogP contribution is -2.48. The van der Waals surface area contributed by atoms with Crippen LogP contribution in [0, 0.1) is 0 Å². The Morgan fingerprint density at radius 1 is 1.05 bits per heavy atom. The zero-order valence-corrected chi connectivity index (χ0v) is 23.8. The second kappa shape index (κ2) is 12.9. The lowest BCUT2D eigenvalue weighted by atomic mass is 10.1. The molecule has 1 aliphatic heterocycles. The Hall–Kier alpha value is -3.76. The molecule has 1 aliphatic rings. The van der Waals surface area contributed by atoms with Crippen LogP contribution >= 0.6 is 11.6 Å². The van der Waals surface area contributed by atoms with Crippen molar-refractivity contribution >= 4 is 40.8 Å². The molecule has 0 fully saturated rings. The van der Waals surface area contributed by atoms with Crippen LogP contribution in [0.4, 0.5) is 27.9 Å². The molecule has 0 saturated heterocycles. The molecule has 0 aliphatic carbocycles. The van der Waals surface area contributed by atoms with Crippen LogP contribution in [0.15, 0.2) is 42.6 Å². The molecule has 0 spiro atoms.